The number of hydrogen-bond donors (Lipinski definition) is 1. The summed E-state index contributed by atoms with van der Waals surface area (Å²) in [5.41, 5.74) is 0. The van der Waals surface area contributed by atoms with Gasteiger partial charge in [0, 0.05) is 12.3 Å². The molecule has 1 fully saturated rings. The number of hydrogen-bond acceptors (Lipinski definition) is 4. The quantitative estimate of drug-likeness (QED) is 0.864. The molecule has 1 unspecified atom stereocenters. The van der Waals surface area contributed by atoms with Crippen molar-refractivity contribution >= 4 is 5.91 Å². The van der Waals surface area contributed by atoms with Crippen LogP contribution in [0.2, 0.25) is 0 Å². The average molecular weight is 264 g/mol. The van der Waals surface area contributed by atoms with Crippen LogP contribution < -0.4 is 4.74 Å². The van der Waals surface area contributed by atoms with E-state index in [1.807, 2.05) is 26.0 Å². The summed E-state index contributed by atoms with van der Waals surface area (Å²) in [4.78, 5) is 17.6. The Morgan fingerprint density at radius 2 is 2.26 bits per heavy atom. The zero-order valence-corrected chi connectivity index (χ0v) is 11.3. The van der Waals surface area contributed by atoms with E-state index >= 15 is 0 Å². The smallest absolute Gasteiger partial charge is 0.251 e. The average Bonchev–Trinajstić information content (AvgIpc) is 2.33. The predicted molar refractivity (Wildman–Crippen MR) is 70.7 cm³/mol. The Labute approximate surface area is 113 Å². The Bertz CT molecular complexity index is 416. The normalized spacial score (nSPS) is 17.2. The largest absolute Gasteiger partial charge is 0.471 e. The molecule has 1 atom stereocenters. The van der Waals surface area contributed by atoms with Crippen LogP contribution in [0.25, 0.3) is 0 Å². The molecule has 5 heteroatoms. The number of nitrogens with zero attached hydrogens (tertiary/aromatic N) is 2. The number of carbonyl (C=O) groups is 1. The molecule has 1 aliphatic heterocycles. The van der Waals surface area contributed by atoms with Crippen LogP contribution in [0.3, 0.4) is 0 Å². The topological polar surface area (TPSA) is 62.7 Å². The third kappa shape index (κ3) is 3.67. The van der Waals surface area contributed by atoms with Crippen molar-refractivity contribution < 1.29 is 14.6 Å². The molecule has 1 N–H and O–H groups in total. The molecule has 1 amide bonds. The molecule has 1 aliphatic rings. The lowest BCUT2D eigenvalue weighted by Crippen LogP contribution is -2.58. The van der Waals surface area contributed by atoms with Gasteiger partial charge in [-0.2, -0.15) is 0 Å². The highest BCUT2D eigenvalue weighted by molar-refractivity contribution is 5.81. The molecule has 0 radical (unpaired) electrons. The number of amides is 1. The fourth-order valence-electron chi connectivity index (χ4n) is 2.04. The molecule has 2 heterocycles. The number of aliphatic hydroxyl groups is 1. The zero-order chi connectivity index (χ0) is 13.8. The number of ether oxygens (including phenoxy) is 1. The van der Waals surface area contributed by atoms with Crippen LogP contribution in [-0.2, 0) is 4.79 Å². The Balaban J connectivity index is 1.75. The summed E-state index contributed by atoms with van der Waals surface area (Å²) in [6, 6.07) is 5.47. The Hall–Kier alpha value is -1.62. The van der Waals surface area contributed by atoms with Gasteiger partial charge >= 0.3 is 0 Å². The minimum Gasteiger partial charge on any atom is -0.471 e. The second kappa shape index (κ2) is 6.02. The molecule has 1 saturated heterocycles. The van der Waals surface area contributed by atoms with Gasteiger partial charge in [-0.25, -0.2) is 4.98 Å². The number of pyridine rings is 1. The van der Waals surface area contributed by atoms with Gasteiger partial charge in [0.05, 0.1) is 13.1 Å². The van der Waals surface area contributed by atoms with E-state index in [4.69, 9.17) is 4.74 Å². The molecule has 1 aromatic rings. The highest BCUT2D eigenvalue weighted by Gasteiger charge is 2.35. The van der Waals surface area contributed by atoms with E-state index in [-0.39, 0.29) is 12.0 Å². The van der Waals surface area contributed by atoms with E-state index in [9.17, 15) is 9.90 Å². The fourth-order valence-corrected chi connectivity index (χ4v) is 2.04. The summed E-state index contributed by atoms with van der Waals surface area (Å²) < 4.78 is 5.60. The minimum atomic E-state index is -0.893. The van der Waals surface area contributed by atoms with Crippen LogP contribution in [0, 0.1) is 5.92 Å². The number of carbonyl (C=O) groups excluding carboxylic acids is 1. The molecule has 104 valence electrons. The van der Waals surface area contributed by atoms with Crippen LogP contribution in [0.4, 0.5) is 0 Å². The summed E-state index contributed by atoms with van der Waals surface area (Å²) in [6.07, 6.45) is 1.26. The van der Waals surface area contributed by atoms with Gasteiger partial charge in [-0.1, -0.05) is 19.9 Å². The van der Waals surface area contributed by atoms with Crippen LogP contribution in [0.1, 0.15) is 20.3 Å². The maximum atomic E-state index is 11.9. The first-order valence-corrected chi connectivity index (χ1v) is 6.61. The van der Waals surface area contributed by atoms with Gasteiger partial charge in [0.1, 0.15) is 12.2 Å². The number of aliphatic hydroxyl groups excluding tert-OH is 1. The second-order valence-corrected chi connectivity index (χ2v) is 5.30. The first-order valence-electron chi connectivity index (χ1n) is 6.61. The molecule has 0 saturated carbocycles. The van der Waals surface area contributed by atoms with Crippen molar-refractivity contribution in [1.29, 1.82) is 0 Å². The monoisotopic (exact) mass is 264 g/mol. The molecule has 19 heavy (non-hydrogen) atoms. The lowest BCUT2D eigenvalue weighted by molar-refractivity contribution is -0.150. The summed E-state index contributed by atoms with van der Waals surface area (Å²) in [5, 5.41) is 9.76. The van der Waals surface area contributed by atoms with E-state index in [0.717, 1.165) is 0 Å². The summed E-state index contributed by atoms with van der Waals surface area (Å²) in [7, 11) is 0. The van der Waals surface area contributed by atoms with Crippen molar-refractivity contribution in [2.45, 2.75) is 32.5 Å². The van der Waals surface area contributed by atoms with Crippen molar-refractivity contribution in [1.82, 2.24) is 9.88 Å². The maximum absolute atomic E-state index is 11.9. The Morgan fingerprint density at radius 1 is 1.53 bits per heavy atom. The fraction of sp³-hybridized carbons (Fsp3) is 0.571. The van der Waals surface area contributed by atoms with Crippen molar-refractivity contribution in [2.75, 3.05) is 13.1 Å². The zero-order valence-electron chi connectivity index (χ0n) is 11.3. The predicted octanol–water partition coefficient (Wildman–Crippen LogP) is 1.08. The van der Waals surface area contributed by atoms with Gasteiger partial charge in [-0.3, -0.25) is 4.79 Å². The number of likely N-dealkylation sites (tertiary alicyclic amines) is 1. The summed E-state index contributed by atoms with van der Waals surface area (Å²) >= 11 is 0. The molecule has 0 aliphatic carbocycles. The van der Waals surface area contributed by atoms with Gasteiger partial charge in [-0.15, -0.1) is 0 Å². The van der Waals surface area contributed by atoms with E-state index < -0.39 is 6.10 Å². The standard InChI is InChI=1S/C14H20N2O3/c1-10(2)7-12(17)14(18)16-8-11(9-16)19-13-5-3-4-6-15-13/h3-6,10-12,17H,7-9H2,1-2H3. The van der Waals surface area contributed by atoms with E-state index in [1.165, 1.54) is 0 Å². The third-order valence-electron chi connectivity index (χ3n) is 3.06. The van der Waals surface area contributed by atoms with Gasteiger partial charge in [0.15, 0.2) is 0 Å². The van der Waals surface area contributed by atoms with Gasteiger partial charge in [0.2, 0.25) is 5.88 Å². The van der Waals surface area contributed by atoms with Crippen LogP contribution in [0.5, 0.6) is 5.88 Å². The lowest BCUT2D eigenvalue weighted by Gasteiger charge is -2.39. The molecule has 1 aromatic heterocycles. The maximum Gasteiger partial charge on any atom is 0.251 e. The van der Waals surface area contributed by atoms with Gasteiger partial charge < -0.3 is 14.7 Å². The minimum absolute atomic E-state index is 0.0231. The molecule has 0 spiro atoms. The molecule has 5 nitrogen and oxygen atoms in total. The van der Waals surface area contributed by atoms with Gasteiger partial charge in [0.25, 0.3) is 5.91 Å². The molecular formula is C14H20N2O3. The summed E-state index contributed by atoms with van der Waals surface area (Å²) in [5.74, 6) is 0.678. The van der Waals surface area contributed by atoms with E-state index in [1.54, 1.807) is 17.2 Å². The highest BCUT2D eigenvalue weighted by Crippen LogP contribution is 2.18. The first kappa shape index (κ1) is 13.8. The third-order valence-corrected chi connectivity index (χ3v) is 3.06. The number of aromatic nitrogens is 1. The lowest BCUT2D eigenvalue weighted by atomic mass is 10.0. The Morgan fingerprint density at radius 3 is 2.84 bits per heavy atom. The molecule has 2 rings (SSSR count). The molecular weight excluding hydrogens is 244 g/mol. The SMILES string of the molecule is CC(C)CC(O)C(=O)N1CC(Oc2ccccn2)C1. The van der Waals surface area contributed by atoms with Crippen molar-refractivity contribution in [2.24, 2.45) is 5.92 Å². The van der Waals surface area contributed by atoms with Crippen molar-refractivity contribution in [3.63, 3.8) is 0 Å². The molecule has 0 aromatic carbocycles. The first-order chi connectivity index (χ1) is 9.06. The van der Waals surface area contributed by atoms with Crippen LogP contribution in [-0.4, -0.2) is 46.2 Å². The van der Waals surface area contributed by atoms with Gasteiger partial charge in [-0.05, 0) is 18.4 Å². The second-order valence-electron chi connectivity index (χ2n) is 5.30. The van der Waals surface area contributed by atoms with Crippen molar-refractivity contribution in [3.05, 3.63) is 24.4 Å². The number of rotatable bonds is 5. The van der Waals surface area contributed by atoms with Crippen LogP contribution in [0.15, 0.2) is 24.4 Å². The summed E-state index contributed by atoms with van der Waals surface area (Å²) in [6.45, 7) is 5.01. The highest BCUT2D eigenvalue weighted by atomic mass is 16.5. The van der Waals surface area contributed by atoms with Crippen molar-refractivity contribution in [3.8, 4) is 5.88 Å². The Kier molecular flexibility index (Phi) is 4.37. The van der Waals surface area contributed by atoms with E-state index in [2.05, 4.69) is 4.98 Å². The molecule has 0 bridgehead atoms. The van der Waals surface area contributed by atoms with Crippen LogP contribution >= 0.6 is 0 Å². The van der Waals surface area contributed by atoms with E-state index in [0.29, 0.717) is 31.3 Å².